The van der Waals surface area contributed by atoms with Crippen LogP contribution in [0.15, 0.2) is 18.2 Å². The molecule has 11 heteroatoms. The summed E-state index contributed by atoms with van der Waals surface area (Å²) in [5.74, 6) is -13.4. The second-order valence-corrected chi connectivity index (χ2v) is 12.6. The van der Waals surface area contributed by atoms with E-state index in [1.165, 1.54) is 25.1 Å². The van der Waals surface area contributed by atoms with Crippen LogP contribution in [0.1, 0.15) is 73.7 Å². The minimum Gasteiger partial charge on any atom is -0.507 e. The number of fused-ring (bicyclic) bond motifs is 3. The molecule has 2 unspecified atom stereocenters. The molecular formula is C31H38N2O9. The van der Waals surface area contributed by atoms with Gasteiger partial charge < -0.3 is 20.7 Å². The number of carbonyl (C=O) groups is 6. The number of ether oxygens (including phenoxy) is 1. The van der Waals surface area contributed by atoms with Gasteiger partial charge in [-0.05, 0) is 44.0 Å². The van der Waals surface area contributed by atoms with Crippen LogP contribution in [-0.2, 0) is 28.7 Å². The van der Waals surface area contributed by atoms with Gasteiger partial charge in [0.25, 0.3) is 0 Å². The molecule has 42 heavy (non-hydrogen) atoms. The first-order chi connectivity index (χ1) is 19.8. The molecule has 5 rings (SSSR count). The van der Waals surface area contributed by atoms with Crippen LogP contribution in [0.2, 0.25) is 0 Å². The van der Waals surface area contributed by atoms with Crippen LogP contribution in [-0.4, -0.2) is 82.0 Å². The Labute approximate surface area is 243 Å². The molecule has 0 saturated heterocycles. The van der Waals surface area contributed by atoms with Crippen LogP contribution in [0.3, 0.4) is 0 Å². The lowest BCUT2D eigenvalue weighted by Crippen LogP contribution is -2.78. The molecule has 3 saturated carbocycles. The van der Waals surface area contributed by atoms with Gasteiger partial charge in [-0.1, -0.05) is 51.2 Å². The zero-order valence-electron chi connectivity index (χ0n) is 24.1. The van der Waals surface area contributed by atoms with Crippen molar-refractivity contribution in [1.82, 2.24) is 4.90 Å². The van der Waals surface area contributed by atoms with Crippen molar-refractivity contribution in [2.24, 2.45) is 35.3 Å². The quantitative estimate of drug-likeness (QED) is 0.327. The lowest BCUT2D eigenvalue weighted by molar-refractivity contribution is -0.205. The Morgan fingerprint density at radius 2 is 1.74 bits per heavy atom. The molecule has 226 valence electrons. The van der Waals surface area contributed by atoms with Crippen molar-refractivity contribution >= 4 is 35.0 Å². The molecule has 8 atom stereocenters. The van der Waals surface area contributed by atoms with E-state index in [1.807, 2.05) is 0 Å². The monoisotopic (exact) mass is 582 g/mol. The molecule has 1 amide bonds. The van der Waals surface area contributed by atoms with Crippen molar-refractivity contribution in [2.45, 2.75) is 75.5 Å². The van der Waals surface area contributed by atoms with Crippen LogP contribution >= 0.6 is 0 Å². The number of hydrogen-bond acceptors (Lipinski definition) is 10. The van der Waals surface area contributed by atoms with Crippen LogP contribution in [0.25, 0.3) is 0 Å². The number of aliphatic hydroxyl groups is 1. The topological polar surface area (TPSA) is 181 Å². The highest BCUT2D eigenvalue weighted by molar-refractivity contribution is 6.32. The average molecular weight is 583 g/mol. The smallest absolute Gasteiger partial charge is 0.306 e. The molecular weight excluding hydrogens is 544 g/mol. The third kappa shape index (κ3) is 4.48. The minimum absolute atomic E-state index is 0.0514. The van der Waals surface area contributed by atoms with Gasteiger partial charge in [-0.2, -0.15) is 0 Å². The van der Waals surface area contributed by atoms with E-state index in [0.29, 0.717) is 17.9 Å². The predicted molar refractivity (Wildman–Crippen MR) is 147 cm³/mol. The average Bonchev–Trinajstić information content (AvgIpc) is 2.93. The lowest BCUT2D eigenvalue weighted by Gasteiger charge is -2.56. The van der Waals surface area contributed by atoms with Crippen molar-refractivity contribution in [3.63, 3.8) is 0 Å². The maximum Gasteiger partial charge on any atom is 0.306 e. The van der Waals surface area contributed by atoms with E-state index in [9.17, 15) is 39.0 Å². The number of phenolic OH excluding ortho intramolecular Hbond substituents is 1. The summed E-state index contributed by atoms with van der Waals surface area (Å²) in [4.78, 5) is 82.6. The van der Waals surface area contributed by atoms with Crippen molar-refractivity contribution < 1.29 is 43.7 Å². The number of rotatable bonds is 6. The number of carbonyl (C=O) groups excluding carboxylic acids is 6. The predicted octanol–water partition coefficient (Wildman–Crippen LogP) is 1.31. The number of hydrogen-bond donors (Lipinski definition) is 3. The maximum absolute atomic E-state index is 14.2. The zero-order chi connectivity index (χ0) is 30.7. The lowest BCUT2D eigenvalue weighted by atomic mass is 9.49. The minimum atomic E-state index is -3.02. The van der Waals surface area contributed by atoms with Gasteiger partial charge in [0.1, 0.15) is 11.9 Å². The van der Waals surface area contributed by atoms with Crippen molar-refractivity contribution in [3.8, 4) is 5.75 Å². The standard InChI is InChI=1S/C31H38N2O9/c1-14-16-10-7-11-17(34)20(16)25(36)21-19(14)27(42-18(35)13-12-15-8-5-4-6-9-15)23-24(33(2)3)26(37)22(30(32)40)29(39)31(23,41)28(21)38/h7,10-11,14-15,19,21-24,27,34,41H,4-6,8-9,12-13H2,1-3H3,(H2,32,40)/t14-,19+,21?,22?,23+,24-,27-,31-/m0/s1. The summed E-state index contributed by atoms with van der Waals surface area (Å²) in [7, 11) is 2.97. The number of Topliss-reactive ketones (excluding diaryl/α,β-unsaturated/α-hetero) is 4. The van der Waals surface area contributed by atoms with Crippen molar-refractivity contribution in [1.29, 1.82) is 0 Å². The third-order valence-corrected chi connectivity index (χ3v) is 10.1. The van der Waals surface area contributed by atoms with Crippen LogP contribution in [0.5, 0.6) is 5.75 Å². The normalized spacial score (nSPS) is 34.9. The summed E-state index contributed by atoms with van der Waals surface area (Å²) >= 11 is 0. The second kappa shape index (κ2) is 11.0. The zero-order valence-corrected chi connectivity index (χ0v) is 24.1. The molecule has 0 bridgehead atoms. The van der Waals surface area contributed by atoms with Crippen molar-refractivity contribution in [2.75, 3.05) is 14.1 Å². The number of phenols is 1. The van der Waals surface area contributed by atoms with E-state index in [4.69, 9.17) is 10.5 Å². The third-order valence-electron chi connectivity index (χ3n) is 10.1. The molecule has 0 aromatic heterocycles. The molecule has 4 aliphatic rings. The fourth-order valence-electron chi connectivity index (χ4n) is 8.07. The molecule has 0 aliphatic heterocycles. The van der Waals surface area contributed by atoms with Crippen molar-refractivity contribution in [3.05, 3.63) is 29.3 Å². The number of amides is 1. The van der Waals surface area contributed by atoms with Gasteiger partial charge >= 0.3 is 5.97 Å². The molecule has 11 nitrogen and oxygen atoms in total. The number of likely N-dealkylation sites (N-methyl/N-ethyl adjacent to an activating group) is 1. The van der Waals surface area contributed by atoms with Gasteiger partial charge in [0.05, 0.1) is 23.4 Å². The fourth-order valence-corrected chi connectivity index (χ4v) is 8.07. The summed E-state index contributed by atoms with van der Waals surface area (Å²) in [6.45, 7) is 1.71. The fraction of sp³-hybridized carbons (Fsp3) is 0.613. The van der Waals surface area contributed by atoms with E-state index >= 15 is 0 Å². The highest BCUT2D eigenvalue weighted by atomic mass is 16.5. The molecule has 0 heterocycles. The van der Waals surface area contributed by atoms with Gasteiger partial charge in [0.15, 0.2) is 34.7 Å². The first kappa shape index (κ1) is 30.0. The Balaban J connectivity index is 1.64. The SMILES string of the molecule is C[C@H]1c2cccc(O)c2C(=O)C2C(=O)[C@]3(O)C(=O)C(C(N)=O)C(=O)[C@@H](N(C)C)[C@@H]3[C@@H](OC(=O)CCC3CCCCC3)[C@@H]21. The van der Waals surface area contributed by atoms with Crippen LogP contribution in [0.4, 0.5) is 0 Å². The number of esters is 1. The largest absolute Gasteiger partial charge is 0.507 e. The molecule has 0 spiro atoms. The highest BCUT2D eigenvalue weighted by Gasteiger charge is 2.74. The molecule has 0 radical (unpaired) electrons. The summed E-state index contributed by atoms with van der Waals surface area (Å²) in [5, 5.41) is 22.6. The van der Waals surface area contributed by atoms with E-state index in [-0.39, 0.29) is 17.7 Å². The number of benzene rings is 1. The van der Waals surface area contributed by atoms with E-state index in [1.54, 1.807) is 19.1 Å². The van der Waals surface area contributed by atoms with Crippen LogP contribution < -0.4 is 5.73 Å². The number of ketones is 4. The molecule has 4 aliphatic carbocycles. The van der Waals surface area contributed by atoms with Gasteiger partial charge in [-0.15, -0.1) is 0 Å². The van der Waals surface area contributed by atoms with Gasteiger partial charge in [-0.3, -0.25) is 33.7 Å². The first-order valence-corrected chi connectivity index (χ1v) is 14.7. The Kier molecular flexibility index (Phi) is 7.86. The number of nitrogens with zero attached hydrogens (tertiary/aromatic N) is 1. The Bertz CT molecular complexity index is 1350. The Morgan fingerprint density at radius 3 is 2.36 bits per heavy atom. The molecule has 3 fully saturated rings. The molecule has 1 aromatic carbocycles. The molecule has 1 aromatic rings. The van der Waals surface area contributed by atoms with E-state index < -0.39 is 82.3 Å². The summed E-state index contributed by atoms with van der Waals surface area (Å²) in [6, 6.07) is 3.08. The van der Waals surface area contributed by atoms with Gasteiger partial charge in [0, 0.05) is 12.3 Å². The van der Waals surface area contributed by atoms with E-state index in [0.717, 1.165) is 32.1 Å². The maximum atomic E-state index is 14.2. The Hall–Kier alpha value is -3.44. The Morgan fingerprint density at radius 1 is 1.07 bits per heavy atom. The second-order valence-electron chi connectivity index (χ2n) is 12.6. The first-order valence-electron chi connectivity index (χ1n) is 14.7. The number of primary amides is 1. The number of nitrogens with two attached hydrogens (primary N) is 1. The van der Waals surface area contributed by atoms with E-state index in [2.05, 4.69) is 0 Å². The summed E-state index contributed by atoms with van der Waals surface area (Å²) in [5.41, 5.74) is 2.71. The van der Waals surface area contributed by atoms with Gasteiger partial charge in [0.2, 0.25) is 5.91 Å². The molecule has 4 N–H and O–H groups in total. The number of aromatic hydroxyl groups is 1. The van der Waals surface area contributed by atoms with Crippen LogP contribution in [0, 0.1) is 29.6 Å². The summed E-state index contributed by atoms with van der Waals surface area (Å²) < 4.78 is 6.06. The summed E-state index contributed by atoms with van der Waals surface area (Å²) in [6.07, 6.45) is 4.56. The highest BCUT2D eigenvalue weighted by Crippen LogP contribution is 2.55. The van der Waals surface area contributed by atoms with Gasteiger partial charge in [-0.25, -0.2) is 0 Å².